The molecule has 3 aromatic rings. The van der Waals surface area contributed by atoms with Gasteiger partial charge in [0.05, 0.1) is 29.0 Å². The quantitative estimate of drug-likeness (QED) is 0.362. The van der Waals surface area contributed by atoms with E-state index in [-0.39, 0.29) is 18.6 Å². The molecule has 172 valence electrons. The van der Waals surface area contributed by atoms with Crippen LogP contribution in [0.3, 0.4) is 0 Å². The smallest absolute Gasteiger partial charge is 0.343 e. The van der Waals surface area contributed by atoms with E-state index in [0.29, 0.717) is 23.4 Å². The van der Waals surface area contributed by atoms with Crippen LogP contribution in [0.5, 0.6) is 0 Å². The standard InChI is InChI=1S/C26H30N2O4Si/c1-6-26(31)20-12-22-23-18(13-28(22)24(29)19(20)14-32-25(26)30)16(9-10-33(3,4)5)17-8-7-15(2)11-21(17)27-23/h7-8,11-12,31H,6,9-10,13-14H2,1-5H3. The van der Waals surface area contributed by atoms with Crippen LogP contribution in [0.1, 0.15) is 41.2 Å². The molecule has 5 rings (SSSR count). The molecule has 4 heterocycles. The summed E-state index contributed by atoms with van der Waals surface area (Å²) >= 11 is 0. The molecule has 2 aromatic heterocycles. The zero-order chi connectivity index (χ0) is 23.7. The van der Waals surface area contributed by atoms with Crippen molar-refractivity contribution < 1.29 is 14.6 Å². The number of esters is 1. The number of rotatable bonds is 4. The van der Waals surface area contributed by atoms with Crippen molar-refractivity contribution in [2.45, 2.75) is 71.1 Å². The molecule has 2 aliphatic rings. The molecule has 1 atom stereocenters. The molecule has 0 amide bonds. The second-order valence-electron chi connectivity index (χ2n) is 10.6. The predicted molar refractivity (Wildman–Crippen MR) is 131 cm³/mol. The van der Waals surface area contributed by atoms with Gasteiger partial charge in [-0.1, -0.05) is 44.7 Å². The Bertz CT molecular complexity index is 1390. The summed E-state index contributed by atoms with van der Waals surface area (Å²) in [5.74, 6) is -0.696. The second kappa shape index (κ2) is 7.37. The Kier molecular flexibility index (Phi) is 4.92. The molecule has 1 unspecified atom stereocenters. The summed E-state index contributed by atoms with van der Waals surface area (Å²) in [5, 5.41) is 12.2. The van der Waals surface area contributed by atoms with Crippen molar-refractivity contribution in [3.63, 3.8) is 0 Å². The van der Waals surface area contributed by atoms with Crippen LogP contribution in [-0.2, 0) is 34.7 Å². The van der Waals surface area contributed by atoms with E-state index in [2.05, 4.69) is 44.8 Å². The minimum Gasteiger partial charge on any atom is -0.458 e. The SMILES string of the molecule is CCC1(O)C(=O)OCc2c1cc1n(c2=O)Cc2c-1nc1cc(C)ccc1c2CC[Si](C)(C)C. The molecule has 0 saturated heterocycles. The summed E-state index contributed by atoms with van der Waals surface area (Å²) < 4.78 is 6.92. The molecule has 1 aromatic carbocycles. The zero-order valence-corrected chi connectivity index (χ0v) is 20.9. The average molecular weight is 463 g/mol. The maximum Gasteiger partial charge on any atom is 0.343 e. The van der Waals surface area contributed by atoms with Crippen molar-refractivity contribution in [1.82, 2.24) is 9.55 Å². The van der Waals surface area contributed by atoms with E-state index in [1.54, 1.807) is 17.6 Å². The van der Waals surface area contributed by atoms with Crippen LogP contribution in [0.2, 0.25) is 25.7 Å². The summed E-state index contributed by atoms with van der Waals surface area (Å²) in [7, 11) is -1.29. The van der Waals surface area contributed by atoms with Crippen LogP contribution in [0.4, 0.5) is 0 Å². The highest BCUT2D eigenvalue weighted by molar-refractivity contribution is 6.76. The molecule has 0 bridgehead atoms. The average Bonchev–Trinajstić information content (AvgIpc) is 3.12. The van der Waals surface area contributed by atoms with Crippen molar-refractivity contribution >= 4 is 24.9 Å². The molecule has 1 N–H and O–H groups in total. The van der Waals surface area contributed by atoms with E-state index in [9.17, 15) is 14.7 Å². The van der Waals surface area contributed by atoms with Gasteiger partial charge in [0, 0.05) is 24.6 Å². The number of aliphatic hydroxyl groups is 1. The van der Waals surface area contributed by atoms with Crippen molar-refractivity contribution in [2.75, 3.05) is 0 Å². The molecule has 0 saturated carbocycles. The normalized spacial score (nSPS) is 19.3. The van der Waals surface area contributed by atoms with E-state index >= 15 is 0 Å². The van der Waals surface area contributed by atoms with Gasteiger partial charge < -0.3 is 14.4 Å². The minimum absolute atomic E-state index is 0.108. The predicted octanol–water partition coefficient (Wildman–Crippen LogP) is 4.27. The van der Waals surface area contributed by atoms with E-state index in [4.69, 9.17) is 9.72 Å². The van der Waals surface area contributed by atoms with Gasteiger partial charge in [0.1, 0.15) is 6.61 Å². The lowest BCUT2D eigenvalue weighted by Gasteiger charge is -2.31. The van der Waals surface area contributed by atoms with Crippen LogP contribution >= 0.6 is 0 Å². The molecule has 0 fully saturated rings. The molecule has 0 spiro atoms. The third kappa shape index (κ3) is 3.37. The van der Waals surface area contributed by atoms with Gasteiger partial charge in [-0.05, 0) is 43.0 Å². The first kappa shape index (κ1) is 22.0. The van der Waals surface area contributed by atoms with Crippen molar-refractivity contribution in [3.8, 4) is 11.4 Å². The van der Waals surface area contributed by atoms with Crippen LogP contribution in [0.25, 0.3) is 22.3 Å². The Morgan fingerprint density at radius 3 is 2.64 bits per heavy atom. The van der Waals surface area contributed by atoms with Crippen LogP contribution in [-0.4, -0.2) is 28.7 Å². The highest BCUT2D eigenvalue weighted by Crippen LogP contribution is 2.40. The number of carbonyl (C=O) groups is 1. The molecule has 33 heavy (non-hydrogen) atoms. The maximum atomic E-state index is 13.5. The number of aromatic nitrogens is 2. The largest absolute Gasteiger partial charge is 0.458 e. The maximum absolute atomic E-state index is 13.5. The van der Waals surface area contributed by atoms with E-state index in [1.165, 1.54) is 5.56 Å². The molecule has 0 aliphatic carbocycles. The Balaban J connectivity index is 1.78. The molecule has 6 nitrogen and oxygen atoms in total. The van der Waals surface area contributed by atoms with Gasteiger partial charge in [-0.25, -0.2) is 9.78 Å². The second-order valence-corrected chi connectivity index (χ2v) is 16.2. The Morgan fingerprint density at radius 2 is 1.94 bits per heavy atom. The number of hydrogen-bond donors (Lipinski definition) is 1. The monoisotopic (exact) mass is 462 g/mol. The van der Waals surface area contributed by atoms with Gasteiger partial charge in [-0.2, -0.15) is 0 Å². The van der Waals surface area contributed by atoms with Gasteiger partial charge in [0.25, 0.3) is 5.56 Å². The van der Waals surface area contributed by atoms with E-state index < -0.39 is 19.6 Å². The summed E-state index contributed by atoms with van der Waals surface area (Å²) in [6.45, 7) is 11.2. The summed E-state index contributed by atoms with van der Waals surface area (Å²) in [4.78, 5) is 30.9. The molecule has 7 heteroatoms. The molecule has 0 radical (unpaired) electrons. The number of benzene rings is 1. The van der Waals surface area contributed by atoms with Gasteiger partial charge in [-0.15, -0.1) is 0 Å². The fraction of sp³-hybridized carbons (Fsp3) is 0.423. The van der Waals surface area contributed by atoms with Crippen LogP contribution < -0.4 is 5.56 Å². The first-order chi connectivity index (χ1) is 15.5. The lowest BCUT2D eigenvalue weighted by Crippen LogP contribution is -2.44. The highest BCUT2D eigenvalue weighted by atomic mass is 28.3. The number of pyridine rings is 2. The van der Waals surface area contributed by atoms with E-state index in [1.807, 2.05) is 0 Å². The lowest BCUT2D eigenvalue weighted by atomic mass is 9.86. The lowest BCUT2D eigenvalue weighted by molar-refractivity contribution is -0.172. The first-order valence-corrected chi connectivity index (χ1v) is 15.3. The molecular formula is C26H30N2O4Si. The zero-order valence-electron chi connectivity index (χ0n) is 19.9. The Morgan fingerprint density at radius 1 is 1.18 bits per heavy atom. The number of nitrogens with zero attached hydrogens (tertiary/aromatic N) is 2. The number of fused-ring (bicyclic) bond motifs is 5. The minimum atomic E-state index is -1.81. The first-order valence-electron chi connectivity index (χ1n) is 11.6. The summed E-state index contributed by atoms with van der Waals surface area (Å²) in [6.07, 6.45) is 1.09. The number of cyclic esters (lactones) is 1. The van der Waals surface area contributed by atoms with Gasteiger partial charge in [-0.3, -0.25) is 4.79 Å². The van der Waals surface area contributed by atoms with E-state index in [0.717, 1.165) is 40.2 Å². The fourth-order valence-corrected chi connectivity index (χ4v) is 6.06. The third-order valence-corrected chi connectivity index (χ3v) is 8.84. The number of carbonyl (C=O) groups excluding carboxylic acids is 1. The van der Waals surface area contributed by atoms with Crippen molar-refractivity contribution in [3.05, 3.63) is 62.4 Å². The van der Waals surface area contributed by atoms with Crippen molar-refractivity contribution in [1.29, 1.82) is 0 Å². The number of aryl methyl sites for hydroxylation is 2. The Hall–Kier alpha value is -2.77. The summed E-state index contributed by atoms with van der Waals surface area (Å²) in [6, 6.07) is 9.30. The van der Waals surface area contributed by atoms with Crippen LogP contribution in [0.15, 0.2) is 29.1 Å². The topological polar surface area (TPSA) is 81.4 Å². The van der Waals surface area contributed by atoms with Gasteiger partial charge in [0.15, 0.2) is 5.60 Å². The van der Waals surface area contributed by atoms with Crippen molar-refractivity contribution in [2.24, 2.45) is 0 Å². The van der Waals surface area contributed by atoms with Gasteiger partial charge in [0.2, 0.25) is 0 Å². The fourth-order valence-electron chi connectivity index (χ4n) is 5.06. The molecule has 2 aliphatic heterocycles. The highest BCUT2D eigenvalue weighted by Gasteiger charge is 2.45. The number of hydrogen-bond acceptors (Lipinski definition) is 5. The van der Waals surface area contributed by atoms with Crippen LogP contribution in [0, 0.1) is 6.92 Å². The summed E-state index contributed by atoms with van der Waals surface area (Å²) in [5.41, 5.74) is 4.56. The molecular weight excluding hydrogens is 432 g/mol. The third-order valence-electron chi connectivity index (χ3n) is 7.09. The number of ether oxygens (including phenoxy) is 1. The van der Waals surface area contributed by atoms with Gasteiger partial charge >= 0.3 is 5.97 Å². The Labute approximate surface area is 194 Å².